The van der Waals surface area contributed by atoms with E-state index in [9.17, 15) is 12.8 Å². The molecule has 0 saturated carbocycles. The van der Waals surface area contributed by atoms with Gasteiger partial charge in [-0.05, 0) is 52.9 Å². The zero-order valence-corrected chi connectivity index (χ0v) is 15.3. The minimum atomic E-state index is -3.83. The Bertz CT molecular complexity index is 1140. The topological polar surface area (TPSA) is 114 Å². The summed E-state index contributed by atoms with van der Waals surface area (Å²) in [6.07, 6.45) is 3.25. The van der Waals surface area contributed by atoms with Gasteiger partial charge in [-0.25, -0.2) is 17.5 Å². The van der Waals surface area contributed by atoms with Crippen LogP contribution in [0.25, 0.3) is 12.2 Å². The highest BCUT2D eigenvalue weighted by Gasteiger charge is 2.15. The number of nitriles is 1. The highest BCUT2D eigenvalue weighted by atomic mass is 32.2. The lowest BCUT2D eigenvalue weighted by Gasteiger charge is -2.11. The van der Waals surface area contributed by atoms with E-state index in [2.05, 4.69) is 20.2 Å². The Hall–Kier alpha value is -3.58. The van der Waals surface area contributed by atoms with Crippen molar-refractivity contribution in [1.29, 1.82) is 5.26 Å². The van der Waals surface area contributed by atoms with Crippen LogP contribution in [0.2, 0.25) is 0 Å². The van der Waals surface area contributed by atoms with Crippen LogP contribution in [0.15, 0.2) is 53.4 Å². The highest BCUT2D eigenvalue weighted by molar-refractivity contribution is 7.92. The van der Waals surface area contributed by atoms with Crippen molar-refractivity contribution in [1.82, 2.24) is 20.2 Å². The number of nitrogens with one attached hydrogen (secondary N) is 1. The van der Waals surface area contributed by atoms with Crippen molar-refractivity contribution in [3.05, 3.63) is 65.7 Å². The maximum atomic E-state index is 13.7. The third-order valence-electron chi connectivity index (χ3n) is 3.72. The average Bonchev–Trinajstić information content (AvgIpc) is 3.14. The molecule has 0 atom stereocenters. The molecule has 142 valence electrons. The van der Waals surface area contributed by atoms with E-state index in [1.807, 2.05) is 6.07 Å². The Morgan fingerprint density at radius 1 is 1.18 bits per heavy atom. The summed E-state index contributed by atoms with van der Waals surface area (Å²) in [5.41, 5.74) is 0.506. The smallest absolute Gasteiger partial charge is 0.261 e. The molecule has 0 saturated heterocycles. The summed E-state index contributed by atoms with van der Waals surface area (Å²) >= 11 is 0. The van der Waals surface area contributed by atoms with Crippen molar-refractivity contribution in [2.75, 3.05) is 4.72 Å². The molecule has 1 heterocycles. The van der Waals surface area contributed by atoms with E-state index in [4.69, 9.17) is 5.26 Å². The molecule has 1 N–H and O–H groups in total. The second kappa shape index (κ2) is 8.41. The molecule has 0 bridgehead atoms. The maximum absolute atomic E-state index is 13.7. The van der Waals surface area contributed by atoms with Gasteiger partial charge in [0.2, 0.25) is 0 Å². The zero-order chi connectivity index (χ0) is 20.0. The second-order valence-corrected chi connectivity index (χ2v) is 7.33. The summed E-state index contributed by atoms with van der Waals surface area (Å²) in [7, 11) is -3.83. The monoisotopic (exact) mass is 398 g/mol. The number of sulfonamides is 1. The number of anilines is 1. The van der Waals surface area contributed by atoms with Crippen LogP contribution < -0.4 is 4.72 Å². The van der Waals surface area contributed by atoms with Gasteiger partial charge in [-0.2, -0.15) is 5.26 Å². The fraction of sp³-hybridized carbons (Fsp3) is 0.111. The lowest BCUT2D eigenvalue weighted by atomic mass is 10.1. The van der Waals surface area contributed by atoms with Crippen LogP contribution in [0.1, 0.15) is 17.8 Å². The summed E-state index contributed by atoms with van der Waals surface area (Å²) in [4.78, 5) is 0.0923. The summed E-state index contributed by atoms with van der Waals surface area (Å²) in [6, 6.07) is 13.6. The lowest BCUT2D eigenvalue weighted by Crippen LogP contribution is -2.13. The first-order valence-corrected chi connectivity index (χ1v) is 9.66. The number of benzene rings is 2. The molecule has 28 heavy (non-hydrogen) atoms. The van der Waals surface area contributed by atoms with Crippen molar-refractivity contribution in [3.8, 4) is 6.07 Å². The van der Waals surface area contributed by atoms with Gasteiger partial charge in [0.15, 0.2) is 5.82 Å². The van der Waals surface area contributed by atoms with Crippen molar-refractivity contribution in [2.24, 2.45) is 0 Å². The summed E-state index contributed by atoms with van der Waals surface area (Å²) < 4.78 is 42.7. The number of aromatic nitrogens is 4. The number of tetrazole rings is 1. The van der Waals surface area contributed by atoms with Crippen LogP contribution in [0.3, 0.4) is 0 Å². The first-order chi connectivity index (χ1) is 13.5. The molecule has 8 nitrogen and oxygen atoms in total. The van der Waals surface area contributed by atoms with Gasteiger partial charge in [-0.3, -0.25) is 4.72 Å². The van der Waals surface area contributed by atoms with Gasteiger partial charge in [0.05, 0.1) is 29.6 Å². The van der Waals surface area contributed by atoms with Crippen LogP contribution in [-0.2, 0) is 16.6 Å². The second-order valence-electron chi connectivity index (χ2n) is 5.65. The van der Waals surface area contributed by atoms with Gasteiger partial charge in [0, 0.05) is 5.56 Å². The Kier molecular flexibility index (Phi) is 5.76. The predicted octanol–water partition coefficient (Wildman–Crippen LogP) is 2.70. The third-order valence-corrected chi connectivity index (χ3v) is 5.10. The standard InChI is InChI=1S/C18H15FN6O2S/c19-15-8-9-17(22-28(26,27)16-5-2-1-3-6-16)14(13-15)7-10-18-21-23-24-25(18)12-4-11-20/h1-3,5-10,13,22H,4,12H2. The van der Waals surface area contributed by atoms with E-state index < -0.39 is 15.8 Å². The van der Waals surface area contributed by atoms with Crippen LogP contribution in [0, 0.1) is 17.1 Å². The van der Waals surface area contributed by atoms with E-state index in [-0.39, 0.29) is 17.0 Å². The van der Waals surface area contributed by atoms with Crippen molar-refractivity contribution < 1.29 is 12.8 Å². The Balaban J connectivity index is 1.90. The van der Waals surface area contributed by atoms with E-state index in [0.29, 0.717) is 17.9 Å². The van der Waals surface area contributed by atoms with E-state index in [0.717, 1.165) is 6.07 Å². The minimum Gasteiger partial charge on any atom is -0.279 e. The van der Waals surface area contributed by atoms with E-state index in [1.165, 1.54) is 41.1 Å². The number of halogens is 1. The van der Waals surface area contributed by atoms with Crippen molar-refractivity contribution in [2.45, 2.75) is 17.9 Å². The van der Waals surface area contributed by atoms with Gasteiger partial charge in [0.25, 0.3) is 10.0 Å². The van der Waals surface area contributed by atoms with Crippen LogP contribution in [0.5, 0.6) is 0 Å². The molecule has 0 radical (unpaired) electrons. The first-order valence-electron chi connectivity index (χ1n) is 8.18. The SMILES string of the molecule is N#CCCn1nnnc1C=Cc1cc(F)ccc1NS(=O)(=O)c1ccccc1. The molecule has 1 aromatic heterocycles. The number of hydrogen-bond acceptors (Lipinski definition) is 6. The maximum Gasteiger partial charge on any atom is 0.261 e. The quantitative estimate of drug-likeness (QED) is 0.655. The van der Waals surface area contributed by atoms with Crippen LogP contribution in [-0.4, -0.2) is 28.6 Å². The van der Waals surface area contributed by atoms with Gasteiger partial charge < -0.3 is 0 Å². The average molecular weight is 398 g/mol. The lowest BCUT2D eigenvalue weighted by molar-refractivity contribution is 0.595. The Morgan fingerprint density at radius 3 is 2.71 bits per heavy atom. The Labute approximate surface area is 161 Å². The summed E-state index contributed by atoms with van der Waals surface area (Å²) in [5.74, 6) is -0.164. The molecule has 0 aliphatic rings. The van der Waals surface area contributed by atoms with Crippen LogP contribution >= 0.6 is 0 Å². The predicted molar refractivity (Wildman–Crippen MR) is 101 cm³/mol. The van der Waals surface area contributed by atoms with Gasteiger partial charge in [-0.15, -0.1) is 5.10 Å². The number of nitrogens with zero attached hydrogens (tertiary/aromatic N) is 5. The molecule has 0 amide bonds. The zero-order valence-electron chi connectivity index (χ0n) is 14.5. The molecular weight excluding hydrogens is 383 g/mol. The molecule has 2 aromatic carbocycles. The van der Waals surface area contributed by atoms with E-state index >= 15 is 0 Å². The minimum absolute atomic E-state index is 0.0923. The molecule has 0 spiro atoms. The van der Waals surface area contributed by atoms with E-state index in [1.54, 1.807) is 18.2 Å². The normalized spacial score (nSPS) is 11.4. The molecule has 0 fully saturated rings. The number of hydrogen-bond donors (Lipinski definition) is 1. The van der Waals surface area contributed by atoms with Gasteiger partial charge in [-0.1, -0.05) is 18.2 Å². The number of rotatable bonds is 7. The molecule has 0 aliphatic carbocycles. The number of aryl methyl sites for hydroxylation is 1. The molecule has 3 rings (SSSR count). The highest BCUT2D eigenvalue weighted by Crippen LogP contribution is 2.23. The largest absolute Gasteiger partial charge is 0.279 e. The summed E-state index contributed by atoms with van der Waals surface area (Å²) in [6.45, 7) is 0.305. The molecule has 0 unspecified atom stereocenters. The molecule has 3 aromatic rings. The molecule has 0 aliphatic heterocycles. The van der Waals surface area contributed by atoms with Gasteiger partial charge in [0.1, 0.15) is 5.82 Å². The summed E-state index contributed by atoms with van der Waals surface area (Å²) in [5, 5.41) is 19.8. The molecular formula is C18H15FN6O2S. The Morgan fingerprint density at radius 2 is 1.96 bits per heavy atom. The fourth-order valence-corrected chi connectivity index (χ4v) is 3.49. The van der Waals surface area contributed by atoms with Crippen LogP contribution in [0.4, 0.5) is 10.1 Å². The molecule has 10 heteroatoms. The van der Waals surface area contributed by atoms with Crippen molar-refractivity contribution >= 4 is 27.9 Å². The van der Waals surface area contributed by atoms with Gasteiger partial charge >= 0.3 is 0 Å². The first kappa shape index (κ1) is 19.2. The third kappa shape index (κ3) is 4.57. The van der Waals surface area contributed by atoms with Crippen molar-refractivity contribution in [3.63, 3.8) is 0 Å². The fourth-order valence-electron chi connectivity index (χ4n) is 2.38.